The summed E-state index contributed by atoms with van der Waals surface area (Å²) >= 11 is 6.54. The number of nitrogen functional groups attached to an aromatic ring is 1. The molecule has 12 nitrogen and oxygen atoms in total. The molecular formula is C36H35BBr2F3KN4O8. The van der Waals surface area contributed by atoms with Crippen molar-refractivity contribution in [3.8, 4) is 5.75 Å². The van der Waals surface area contributed by atoms with Crippen molar-refractivity contribution in [3.63, 3.8) is 0 Å². The van der Waals surface area contributed by atoms with Crippen LogP contribution in [0.5, 0.6) is 5.75 Å². The number of halogens is 5. The van der Waals surface area contributed by atoms with Crippen molar-refractivity contribution >= 4 is 90.5 Å². The number of oxazole rings is 3. The summed E-state index contributed by atoms with van der Waals surface area (Å²) in [5, 5.41) is 8.90. The van der Waals surface area contributed by atoms with Gasteiger partial charge in [0.25, 0.3) is 6.48 Å². The fourth-order valence-corrected chi connectivity index (χ4v) is 4.32. The molecule has 0 saturated carbocycles. The molecule has 0 spiro atoms. The van der Waals surface area contributed by atoms with Gasteiger partial charge in [0.1, 0.15) is 28.6 Å². The summed E-state index contributed by atoms with van der Waals surface area (Å²) in [6.07, 6.45) is 6.82. The molecule has 19 heteroatoms. The van der Waals surface area contributed by atoms with Gasteiger partial charge in [0.15, 0.2) is 35.9 Å². The van der Waals surface area contributed by atoms with Crippen molar-refractivity contribution in [2.24, 2.45) is 0 Å². The Morgan fingerprint density at radius 3 is 1.53 bits per heavy atom. The number of phenolic OH excluding ortho intramolecular Hbond substituents is 1. The van der Waals surface area contributed by atoms with Gasteiger partial charge in [-0.2, -0.15) is 0 Å². The number of anilines is 1. The van der Waals surface area contributed by atoms with Crippen LogP contribution in [0.4, 0.5) is 14.3 Å². The average Bonchev–Trinajstić information content (AvgIpc) is 3.96. The number of carbonyl (C=O) groups excluding carboxylic acids is 1. The Bertz CT molecular complexity index is 2070. The fraction of sp³-hybridized carbons (Fsp3) is 0.111. The normalized spacial score (nSPS) is 9.45. The Labute approximate surface area is 374 Å². The zero-order chi connectivity index (χ0) is 39.2. The molecule has 0 amide bonds. The molecular weight excluding hydrogens is 883 g/mol. The van der Waals surface area contributed by atoms with E-state index in [-0.39, 0.29) is 61.8 Å². The standard InChI is InChI=1S/C9H7NO.C8H5NO2.C7H4BrNO.C6H6BrNO.C4H10O3.C2H3BF2.FH.K/c1-2-7-3-4-9-8(5-7)10-6-11-9;10-4-6-1-2-8-7(3-6)9-5-11-8;8-5-1-2-7-6(3-5)9-4-10-7;7-4-1-2-6(9)5(8)3-4;1-5-4(6-2)7-3;1-2-3(4)5;;/h2-6H,1H2;1-5H;1-4H;1-3,9H,8H2;4H,1-3H3;2H,1H2;1H;/q;;;;;;;+1/p-1. The Hall–Kier alpha value is -3.63. The number of hydrogen-bond donors (Lipinski definition) is 2. The molecule has 0 bridgehead atoms. The number of hydrogen-bond acceptors (Lipinski definition) is 12. The van der Waals surface area contributed by atoms with E-state index in [9.17, 15) is 13.4 Å². The van der Waals surface area contributed by atoms with Crippen LogP contribution in [0.3, 0.4) is 0 Å². The Kier molecular flexibility index (Phi) is 26.8. The third kappa shape index (κ3) is 19.2. The SMILES string of the molecule is Brc1ccc2ocnc2c1.C=CB(F)F.C=Cc1ccc2ocnc2c1.COC(OC)OC.Nc1cc(Br)ccc1O.O=Cc1ccc2ocnc2c1.[F-].[K+]. The van der Waals surface area contributed by atoms with Gasteiger partial charge in [-0.05, 0) is 72.3 Å². The van der Waals surface area contributed by atoms with E-state index in [0.29, 0.717) is 22.8 Å². The second-order valence-electron chi connectivity index (χ2n) is 9.71. The summed E-state index contributed by atoms with van der Waals surface area (Å²) in [4.78, 5) is 22.2. The molecule has 0 aliphatic carbocycles. The molecule has 7 rings (SSSR count). The van der Waals surface area contributed by atoms with Crippen LogP contribution < -0.4 is 61.8 Å². The molecule has 7 aromatic rings. The summed E-state index contributed by atoms with van der Waals surface area (Å²) in [6, 6.07) is 21.5. The van der Waals surface area contributed by atoms with Crippen LogP contribution in [0.2, 0.25) is 0 Å². The van der Waals surface area contributed by atoms with E-state index >= 15 is 0 Å². The van der Waals surface area contributed by atoms with E-state index in [1.165, 1.54) is 40.5 Å². The summed E-state index contributed by atoms with van der Waals surface area (Å²) in [5.74, 6) is 0.707. The summed E-state index contributed by atoms with van der Waals surface area (Å²) < 4.78 is 52.1. The molecule has 3 aromatic heterocycles. The predicted molar refractivity (Wildman–Crippen MR) is 208 cm³/mol. The summed E-state index contributed by atoms with van der Waals surface area (Å²) in [5.41, 5.74) is 12.2. The zero-order valence-electron chi connectivity index (χ0n) is 30.1. The molecule has 0 fully saturated rings. The van der Waals surface area contributed by atoms with E-state index in [1.54, 1.807) is 42.5 Å². The molecule has 0 radical (unpaired) electrons. The minimum Gasteiger partial charge on any atom is -1.00 e. The molecule has 0 aliphatic rings. The smallest absolute Gasteiger partial charge is 1.00 e. The average molecular weight is 918 g/mol. The third-order valence-corrected chi connectivity index (χ3v) is 7.10. The molecule has 0 saturated heterocycles. The van der Waals surface area contributed by atoms with Crippen molar-refractivity contribution < 1.29 is 102 Å². The van der Waals surface area contributed by atoms with Gasteiger partial charge < -0.3 is 43.0 Å². The molecule has 0 aliphatic heterocycles. The number of carbonyl (C=O) groups is 1. The summed E-state index contributed by atoms with van der Waals surface area (Å²) in [7, 11) is 2.18. The van der Waals surface area contributed by atoms with E-state index in [0.717, 1.165) is 48.5 Å². The van der Waals surface area contributed by atoms with Crippen molar-refractivity contribution in [2.45, 2.75) is 6.48 Å². The maximum absolute atomic E-state index is 10.6. The molecule has 3 N–H and O–H groups in total. The number of rotatable bonds is 6. The molecule has 0 atom stereocenters. The van der Waals surface area contributed by atoms with Crippen LogP contribution in [0.15, 0.2) is 133 Å². The minimum absolute atomic E-state index is 0. The predicted octanol–water partition coefficient (Wildman–Crippen LogP) is 3.79. The monoisotopic (exact) mass is 916 g/mol. The zero-order valence-corrected chi connectivity index (χ0v) is 36.4. The first-order valence-electron chi connectivity index (χ1n) is 14.9. The van der Waals surface area contributed by atoms with E-state index < -0.39 is 13.7 Å². The van der Waals surface area contributed by atoms with Crippen LogP contribution in [0.25, 0.3) is 39.4 Å². The number of aromatic hydroxyl groups is 1. The van der Waals surface area contributed by atoms with E-state index in [2.05, 4.69) is 74.2 Å². The van der Waals surface area contributed by atoms with Gasteiger partial charge in [0.2, 0.25) is 0 Å². The number of aromatic nitrogens is 3. The first-order valence-corrected chi connectivity index (χ1v) is 16.5. The van der Waals surface area contributed by atoms with Gasteiger partial charge in [-0.25, -0.2) is 15.0 Å². The van der Waals surface area contributed by atoms with Gasteiger partial charge in [-0.3, -0.25) is 13.4 Å². The van der Waals surface area contributed by atoms with Crippen molar-refractivity contribution in [1.29, 1.82) is 0 Å². The van der Waals surface area contributed by atoms with Crippen LogP contribution in [0, 0.1) is 0 Å². The van der Waals surface area contributed by atoms with Crippen LogP contribution >= 0.6 is 31.9 Å². The fourth-order valence-electron chi connectivity index (χ4n) is 3.60. The number of benzene rings is 4. The third-order valence-electron chi connectivity index (χ3n) is 6.12. The van der Waals surface area contributed by atoms with Crippen LogP contribution in [-0.4, -0.2) is 61.4 Å². The molecule has 286 valence electrons. The van der Waals surface area contributed by atoms with Crippen molar-refractivity contribution in [2.75, 3.05) is 27.1 Å². The maximum atomic E-state index is 10.6. The first-order chi connectivity index (χ1) is 25.5. The van der Waals surface area contributed by atoms with Gasteiger partial charge in [0, 0.05) is 35.8 Å². The first kappa shape index (κ1) is 51.4. The second-order valence-corrected chi connectivity index (χ2v) is 11.5. The molecule has 3 heterocycles. The Morgan fingerprint density at radius 2 is 1.15 bits per heavy atom. The number of phenols is 1. The minimum atomic E-state index is -2.35. The number of ether oxygens (including phenoxy) is 3. The van der Waals surface area contributed by atoms with E-state index in [1.807, 2.05) is 36.4 Å². The summed E-state index contributed by atoms with van der Waals surface area (Å²) in [6.45, 7) is 5.96. The maximum Gasteiger partial charge on any atom is 1.00 e. The Morgan fingerprint density at radius 1 is 0.745 bits per heavy atom. The quantitative estimate of drug-likeness (QED) is 0.0816. The number of aldehydes is 1. The van der Waals surface area contributed by atoms with E-state index in [4.69, 9.17) is 24.1 Å². The molecule has 0 unspecified atom stereocenters. The molecule has 55 heavy (non-hydrogen) atoms. The molecule has 4 aromatic carbocycles. The van der Waals surface area contributed by atoms with Crippen LogP contribution in [0.1, 0.15) is 15.9 Å². The topological polar surface area (TPSA) is 169 Å². The Balaban J connectivity index is 0.000000643. The number of methoxy groups -OCH3 is 3. The number of fused-ring (bicyclic) bond motifs is 3. The largest absolute Gasteiger partial charge is 1.00 e. The van der Waals surface area contributed by atoms with Gasteiger partial charge in [0.05, 0.1) is 5.69 Å². The second kappa shape index (κ2) is 28.7. The van der Waals surface area contributed by atoms with Crippen molar-refractivity contribution in [1.82, 2.24) is 15.0 Å². The van der Waals surface area contributed by atoms with Gasteiger partial charge in [-0.1, -0.05) is 56.6 Å². The number of nitrogens with two attached hydrogens (primary N) is 1. The van der Waals surface area contributed by atoms with Crippen LogP contribution in [-0.2, 0) is 14.2 Å². The van der Waals surface area contributed by atoms with Gasteiger partial charge in [-0.15, -0.1) is 6.58 Å². The van der Waals surface area contributed by atoms with Gasteiger partial charge >= 0.3 is 58.7 Å². The van der Waals surface area contributed by atoms with Crippen molar-refractivity contribution in [3.05, 3.63) is 131 Å². The number of nitrogens with zero attached hydrogens (tertiary/aromatic N) is 3.